The topological polar surface area (TPSA) is 52.0 Å². The zero-order valence-corrected chi connectivity index (χ0v) is 11.1. The number of rotatable bonds is 4. The minimum atomic E-state index is -0.258. The third kappa shape index (κ3) is 2.91. The molecule has 2 N–H and O–H groups in total. The standard InChI is InChI=1S/C13H15FN2OS/c1-8-9(2)17-13(16-8)18-12(7-15)10-4-3-5-11(14)6-10/h3-6,12H,7,15H2,1-2H3. The van der Waals surface area contributed by atoms with Crippen LogP contribution in [0.25, 0.3) is 0 Å². The van der Waals surface area contributed by atoms with Gasteiger partial charge in [0.2, 0.25) is 0 Å². The first-order valence-corrected chi connectivity index (χ1v) is 6.54. The lowest BCUT2D eigenvalue weighted by Crippen LogP contribution is -2.09. The summed E-state index contributed by atoms with van der Waals surface area (Å²) >= 11 is 1.42. The van der Waals surface area contributed by atoms with Gasteiger partial charge in [-0.1, -0.05) is 23.9 Å². The van der Waals surface area contributed by atoms with Gasteiger partial charge in [-0.2, -0.15) is 0 Å². The smallest absolute Gasteiger partial charge is 0.256 e. The zero-order chi connectivity index (χ0) is 13.1. The Bertz CT molecular complexity index is 522. The Morgan fingerprint density at radius 1 is 1.44 bits per heavy atom. The number of nitrogens with two attached hydrogens (primary N) is 1. The molecule has 2 rings (SSSR count). The maximum atomic E-state index is 13.2. The SMILES string of the molecule is Cc1nc(SC(CN)c2cccc(F)c2)oc1C. The number of hydrogen-bond acceptors (Lipinski definition) is 4. The summed E-state index contributed by atoms with van der Waals surface area (Å²) in [6.07, 6.45) is 0. The van der Waals surface area contributed by atoms with E-state index in [0.29, 0.717) is 11.8 Å². The zero-order valence-electron chi connectivity index (χ0n) is 10.3. The Hall–Kier alpha value is -1.33. The number of halogens is 1. The maximum absolute atomic E-state index is 13.2. The summed E-state index contributed by atoms with van der Waals surface area (Å²) in [6.45, 7) is 4.16. The van der Waals surface area contributed by atoms with E-state index in [1.807, 2.05) is 19.9 Å². The molecule has 0 aliphatic heterocycles. The predicted octanol–water partition coefficient (Wildman–Crippen LogP) is 3.22. The van der Waals surface area contributed by atoms with E-state index in [0.717, 1.165) is 17.0 Å². The van der Waals surface area contributed by atoms with E-state index in [9.17, 15) is 4.39 Å². The molecule has 96 valence electrons. The first-order valence-electron chi connectivity index (χ1n) is 5.66. The van der Waals surface area contributed by atoms with Crippen LogP contribution in [0.3, 0.4) is 0 Å². The highest BCUT2D eigenvalue weighted by Gasteiger charge is 2.16. The number of aryl methyl sites for hydroxylation is 2. The van der Waals surface area contributed by atoms with E-state index in [1.54, 1.807) is 6.07 Å². The quantitative estimate of drug-likeness (QED) is 0.863. The van der Waals surface area contributed by atoms with E-state index in [4.69, 9.17) is 10.2 Å². The molecule has 0 aliphatic carbocycles. The number of thioether (sulfide) groups is 1. The predicted molar refractivity (Wildman–Crippen MR) is 70.0 cm³/mol. The van der Waals surface area contributed by atoms with E-state index < -0.39 is 0 Å². The average molecular weight is 266 g/mol. The molecule has 1 aromatic carbocycles. The van der Waals surface area contributed by atoms with Crippen LogP contribution in [0.2, 0.25) is 0 Å². The van der Waals surface area contributed by atoms with Gasteiger partial charge in [-0.25, -0.2) is 9.37 Å². The molecule has 1 unspecified atom stereocenters. The maximum Gasteiger partial charge on any atom is 0.256 e. The first kappa shape index (κ1) is 13.1. The minimum Gasteiger partial charge on any atom is -0.437 e. The fourth-order valence-corrected chi connectivity index (χ4v) is 2.56. The molecular formula is C13H15FN2OS. The first-order chi connectivity index (χ1) is 8.60. The van der Waals surface area contributed by atoms with Crippen molar-refractivity contribution < 1.29 is 8.81 Å². The number of oxazole rings is 1. The molecule has 0 bridgehead atoms. The molecule has 1 heterocycles. The molecule has 3 nitrogen and oxygen atoms in total. The van der Waals surface area contributed by atoms with Gasteiger partial charge in [0, 0.05) is 6.54 Å². The molecule has 18 heavy (non-hydrogen) atoms. The van der Waals surface area contributed by atoms with Gasteiger partial charge in [0.1, 0.15) is 11.6 Å². The Morgan fingerprint density at radius 2 is 2.22 bits per heavy atom. The van der Waals surface area contributed by atoms with Crippen LogP contribution in [0.4, 0.5) is 4.39 Å². The highest BCUT2D eigenvalue weighted by Crippen LogP contribution is 2.34. The number of hydrogen-bond donors (Lipinski definition) is 1. The van der Waals surface area contributed by atoms with Crippen molar-refractivity contribution in [2.24, 2.45) is 5.73 Å². The van der Waals surface area contributed by atoms with E-state index in [2.05, 4.69) is 4.98 Å². The molecule has 0 amide bonds. The van der Waals surface area contributed by atoms with E-state index in [1.165, 1.54) is 23.9 Å². The molecule has 5 heteroatoms. The van der Waals surface area contributed by atoms with Crippen LogP contribution in [-0.4, -0.2) is 11.5 Å². The van der Waals surface area contributed by atoms with Crippen molar-refractivity contribution in [3.05, 3.63) is 47.1 Å². The molecule has 0 aliphatic rings. The summed E-state index contributed by atoms with van der Waals surface area (Å²) < 4.78 is 18.7. The van der Waals surface area contributed by atoms with Crippen LogP contribution in [-0.2, 0) is 0 Å². The summed E-state index contributed by atoms with van der Waals surface area (Å²) in [4.78, 5) is 4.29. The van der Waals surface area contributed by atoms with Crippen LogP contribution < -0.4 is 5.73 Å². The largest absolute Gasteiger partial charge is 0.437 e. The fraction of sp³-hybridized carbons (Fsp3) is 0.308. The summed E-state index contributed by atoms with van der Waals surface area (Å²) in [6, 6.07) is 6.45. The molecule has 1 atom stereocenters. The van der Waals surface area contributed by atoms with Crippen molar-refractivity contribution in [2.75, 3.05) is 6.54 Å². The second-order valence-corrected chi connectivity index (χ2v) is 5.17. The van der Waals surface area contributed by atoms with Crippen LogP contribution in [0.5, 0.6) is 0 Å². The lowest BCUT2D eigenvalue weighted by atomic mass is 10.1. The lowest BCUT2D eigenvalue weighted by molar-refractivity contribution is 0.430. The highest BCUT2D eigenvalue weighted by atomic mass is 32.2. The molecule has 0 saturated carbocycles. The molecule has 2 aromatic rings. The van der Waals surface area contributed by atoms with Gasteiger partial charge in [-0.3, -0.25) is 0 Å². The Kier molecular flexibility index (Phi) is 4.04. The van der Waals surface area contributed by atoms with Crippen molar-refractivity contribution in [1.29, 1.82) is 0 Å². The van der Waals surface area contributed by atoms with Gasteiger partial charge in [0.15, 0.2) is 0 Å². The van der Waals surface area contributed by atoms with Gasteiger partial charge in [-0.05, 0) is 31.5 Å². The third-order valence-electron chi connectivity index (χ3n) is 2.69. The molecular weight excluding hydrogens is 251 g/mol. The highest BCUT2D eigenvalue weighted by molar-refractivity contribution is 7.99. The fourth-order valence-electron chi connectivity index (χ4n) is 1.57. The Morgan fingerprint density at radius 3 is 2.78 bits per heavy atom. The van der Waals surface area contributed by atoms with Gasteiger partial charge < -0.3 is 10.2 Å². The summed E-state index contributed by atoms with van der Waals surface area (Å²) in [5.41, 5.74) is 7.45. The summed E-state index contributed by atoms with van der Waals surface area (Å²) in [5, 5.41) is 0.517. The minimum absolute atomic E-state index is 0.0573. The van der Waals surface area contributed by atoms with Crippen molar-refractivity contribution in [3.63, 3.8) is 0 Å². The van der Waals surface area contributed by atoms with Gasteiger partial charge >= 0.3 is 0 Å². The molecule has 0 fully saturated rings. The van der Waals surface area contributed by atoms with Crippen LogP contribution in [0.1, 0.15) is 22.3 Å². The molecule has 0 saturated heterocycles. The van der Waals surface area contributed by atoms with Gasteiger partial charge in [0.05, 0.1) is 10.9 Å². The second-order valence-electron chi connectivity index (χ2n) is 4.02. The number of aromatic nitrogens is 1. The van der Waals surface area contributed by atoms with Crippen LogP contribution in [0, 0.1) is 19.7 Å². The van der Waals surface area contributed by atoms with Gasteiger partial charge in [0.25, 0.3) is 5.22 Å². The average Bonchev–Trinajstić information content (AvgIpc) is 2.65. The van der Waals surface area contributed by atoms with E-state index in [-0.39, 0.29) is 11.1 Å². The van der Waals surface area contributed by atoms with Crippen LogP contribution in [0.15, 0.2) is 33.9 Å². The van der Waals surface area contributed by atoms with Gasteiger partial charge in [-0.15, -0.1) is 0 Å². The number of nitrogens with zero attached hydrogens (tertiary/aromatic N) is 1. The van der Waals surface area contributed by atoms with Crippen molar-refractivity contribution >= 4 is 11.8 Å². The number of benzene rings is 1. The second kappa shape index (κ2) is 5.54. The van der Waals surface area contributed by atoms with Crippen LogP contribution >= 0.6 is 11.8 Å². The van der Waals surface area contributed by atoms with Crippen molar-refractivity contribution in [3.8, 4) is 0 Å². The van der Waals surface area contributed by atoms with Crippen molar-refractivity contribution in [1.82, 2.24) is 4.98 Å². The monoisotopic (exact) mass is 266 g/mol. The summed E-state index contributed by atoms with van der Waals surface area (Å²) in [5.74, 6) is 0.541. The van der Waals surface area contributed by atoms with Crippen molar-refractivity contribution in [2.45, 2.75) is 24.3 Å². The summed E-state index contributed by atoms with van der Waals surface area (Å²) in [7, 11) is 0. The molecule has 0 spiro atoms. The Labute approximate surface area is 110 Å². The molecule has 1 aromatic heterocycles. The molecule has 0 radical (unpaired) electrons. The lowest BCUT2D eigenvalue weighted by Gasteiger charge is -2.12. The Balaban J connectivity index is 2.19. The third-order valence-corrected chi connectivity index (χ3v) is 3.81. The van der Waals surface area contributed by atoms with E-state index >= 15 is 0 Å². The normalized spacial score (nSPS) is 12.7.